The minimum absolute atomic E-state index is 0.248. The second kappa shape index (κ2) is 12.8. The average molecular weight is 522 g/mol. The fourth-order valence-corrected chi connectivity index (χ4v) is 4.85. The van der Waals surface area contributed by atoms with Crippen LogP contribution in [0, 0.1) is 5.92 Å². The van der Waals surface area contributed by atoms with Crippen LogP contribution in [-0.4, -0.2) is 64.5 Å². The normalized spacial score (nSPS) is 14.4. The Hall–Kier alpha value is -2.75. The summed E-state index contributed by atoms with van der Waals surface area (Å²) in [7, 11) is 0.863. The molecule has 35 heavy (non-hydrogen) atoms. The summed E-state index contributed by atoms with van der Waals surface area (Å²) in [6.45, 7) is 2.97. The highest BCUT2D eigenvalue weighted by Crippen LogP contribution is 2.29. The first kappa shape index (κ1) is 26.8. The Bertz CT molecular complexity index is 1150. The van der Waals surface area contributed by atoms with E-state index in [4.69, 9.17) is 26.8 Å². The van der Waals surface area contributed by atoms with Crippen LogP contribution in [0.4, 0.5) is 5.69 Å². The maximum Gasteiger partial charge on any atom is 0.255 e. The van der Waals surface area contributed by atoms with Crippen LogP contribution in [0.15, 0.2) is 36.4 Å². The summed E-state index contributed by atoms with van der Waals surface area (Å²) >= 11 is 6.07. The number of hydrogen-bond acceptors (Lipinski definition) is 7. The number of hydrogen-bond donors (Lipinski definition) is 2. The van der Waals surface area contributed by atoms with Crippen LogP contribution >= 0.6 is 11.6 Å². The molecular formula is C25H32ClN3O5S. The van der Waals surface area contributed by atoms with Gasteiger partial charge in [-0.1, -0.05) is 23.7 Å². The van der Waals surface area contributed by atoms with Crippen LogP contribution in [0.1, 0.15) is 35.2 Å². The lowest BCUT2D eigenvalue weighted by Gasteiger charge is -2.32. The zero-order chi connectivity index (χ0) is 25.4. The smallest absolute Gasteiger partial charge is 0.255 e. The van der Waals surface area contributed by atoms with E-state index in [-0.39, 0.29) is 5.91 Å². The highest BCUT2D eigenvalue weighted by Gasteiger charge is 2.21. The summed E-state index contributed by atoms with van der Waals surface area (Å²) in [6, 6.07) is 10.5. The molecule has 190 valence electrons. The number of halogens is 1. The van der Waals surface area contributed by atoms with Crippen molar-refractivity contribution in [2.24, 2.45) is 5.92 Å². The third-order valence-corrected chi connectivity index (χ3v) is 7.47. The van der Waals surface area contributed by atoms with Gasteiger partial charge in [-0.25, -0.2) is 0 Å². The number of anilines is 1. The van der Waals surface area contributed by atoms with Crippen molar-refractivity contribution in [1.82, 2.24) is 10.2 Å². The van der Waals surface area contributed by atoms with Gasteiger partial charge >= 0.3 is 0 Å². The van der Waals surface area contributed by atoms with Crippen molar-refractivity contribution in [2.75, 3.05) is 46.1 Å². The van der Waals surface area contributed by atoms with Gasteiger partial charge in [0.25, 0.3) is 5.91 Å². The number of ether oxygens (including phenoxy) is 2. The monoisotopic (exact) mass is 521 g/mol. The van der Waals surface area contributed by atoms with Crippen LogP contribution in [0.25, 0.3) is 0 Å². The number of carbonyl (C=O) groups excluding carboxylic acids is 1. The Balaban J connectivity index is 1.45. The molecule has 0 aromatic heterocycles. The van der Waals surface area contributed by atoms with Crippen molar-refractivity contribution in [3.05, 3.63) is 52.5 Å². The van der Waals surface area contributed by atoms with Gasteiger partial charge in [-0.2, -0.15) is 8.42 Å². The molecule has 3 rings (SSSR count). The minimum atomic E-state index is -2.22. The third-order valence-electron chi connectivity index (χ3n) is 6.32. The molecule has 1 fully saturated rings. The van der Waals surface area contributed by atoms with Crippen molar-refractivity contribution in [2.45, 2.75) is 25.7 Å². The van der Waals surface area contributed by atoms with Crippen LogP contribution in [0.3, 0.4) is 0 Å². The first-order chi connectivity index (χ1) is 16.8. The largest absolute Gasteiger partial charge is 0.497 e. The number of nitrogens with zero attached hydrogens (tertiary/aromatic N) is 1. The van der Waals surface area contributed by atoms with Gasteiger partial charge in [0.05, 0.1) is 35.4 Å². The van der Waals surface area contributed by atoms with E-state index < -0.39 is 10.3 Å². The molecule has 2 aromatic carbocycles. The van der Waals surface area contributed by atoms with Gasteiger partial charge in [0, 0.05) is 25.6 Å². The molecule has 1 heterocycles. The molecule has 2 aromatic rings. The molecule has 10 heteroatoms. The van der Waals surface area contributed by atoms with Gasteiger partial charge < -0.3 is 25.4 Å². The average Bonchev–Trinajstić information content (AvgIpc) is 2.87. The number of benzene rings is 2. The lowest BCUT2D eigenvalue weighted by molar-refractivity contribution is 0.0933. The maximum absolute atomic E-state index is 12.7. The number of amides is 1. The molecule has 1 saturated heterocycles. The Morgan fingerprint density at radius 1 is 1.14 bits per heavy atom. The predicted octanol–water partition coefficient (Wildman–Crippen LogP) is 3.07. The first-order valence-electron chi connectivity index (χ1n) is 11.5. The van der Waals surface area contributed by atoms with Crippen LogP contribution < -0.4 is 20.5 Å². The summed E-state index contributed by atoms with van der Waals surface area (Å²) in [5.74, 6) is 1.23. The summed E-state index contributed by atoms with van der Waals surface area (Å²) in [6.07, 6.45) is 2.75. The van der Waals surface area contributed by atoms with E-state index in [1.807, 2.05) is 24.3 Å². The van der Waals surface area contributed by atoms with Gasteiger partial charge in [0.1, 0.15) is 11.5 Å². The first-order valence-corrected chi connectivity index (χ1v) is 13.0. The number of methoxy groups -OCH3 is 2. The van der Waals surface area contributed by atoms with E-state index >= 15 is 0 Å². The lowest BCUT2D eigenvalue weighted by Crippen LogP contribution is -2.39. The molecule has 0 bridgehead atoms. The highest BCUT2D eigenvalue weighted by atomic mass is 35.5. The molecule has 1 aliphatic heterocycles. The zero-order valence-electron chi connectivity index (χ0n) is 20.1. The fraction of sp³-hybridized carbons (Fsp3) is 0.440. The summed E-state index contributed by atoms with van der Waals surface area (Å²) in [5, 5.41) is 3.29. The number of nitrogen functional groups attached to an aromatic ring is 1. The number of nitrogens with one attached hydrogen (secondary N) is 1. The quantitative estimate of drug-likeness (QED) is 0.365. The van der Waals surface area contributed by atoms with Gasteiger partial charge in [0.15, 0.2) is 0 Å². The summed E-state index contributed by atoms with van der Waals surface area (Å²) in [5.41, 5.74) is 7.45. The molecule has 3 N–H and O–H groups in total. The fourth-order valence-electron chi connectivity index (χ4n) is 4.15. The van der Waals surface area contributed by atoms with Crippen molar-refractivity contribution >= 4 is 38.4 Å². The van der Waals surface area contributed by atoms with Crippen LogP contribution in [-0.2, 0) is 16.7 Å². The number of rotatable bonds is 10. The van der Waals surface area contributed by atoms with Crippen molar-refractivity contribution in [3.8, 4) is 11.5 Å². The topological polar surface area (TPSA) is 111 Å². The molecule has 0 unspecified atom stereocenters. The van der Waals surface area contributed by atoms with Crippen molar-refractivity contribution < 1.29 is 22.7 Å². The van der Waals surface area contributed by atoms with E-state index in [1.54, 1.807) is 13.2 Å². The molecule has 0 radical (unpaired) electrons. The highest BCUT2D eigenvalue weighted by molar-refractivity contribution is 7.73. The molecule has 0 aliphatic carbocycles. The summed E-state index contributed by atoms with van der Waals surface area (Å²) in [4.78, 5) is 15.4. The molecular weight excluding hydrogens is 490 g/mol. The molecule has 1 amide bonds. The summed E-state index contributed by atoms with van der Waals surface area (Å²) < 4.78 is 33.9. The predicted molar refractivity (Wildman–Crippen MR) is 139 cm³/mol. The second-order valence-corrected chi connectivity index (χ2v) is 10.1. The minimum Gasteiger partial charge on any atom is -0.497 e. The van der Waals surface area contributed by atoms with Gasteiger partial charge in [0.2, 0.25) is 10.3 Å². The number of carbonyl (C=O) groups is 1. The SMILES string of the molecule is COc1ccc(CC(CCN2CCC(CNC(=O)c3cc(Cl)c(N)cc3OC)CC2)=S(=O)=O)cc1. The van der Waals surface area contributed by atoms with E-state index in [2.05, 4.69) is 10.2 Å². The van der Waals surface area contributed by atoms with Gasteiger partial charge in [-0.15, -0.1) is 0 Å². The van der Waals surface area contributed by atoms with E-state index in [1.165, 1.54) is 13.2 Å². The molecule has 0 atom stereocenters. The lowest BCUT2D eigenvalue weighted by atomic mass is 9.96. The third kappa shape index (κ3) is 7.62. The van der Waals surface area contributed by atoms with Gasteiger partial charge in [-0.3, -0.25) is 4.79 Å². The molecule has 1 aliphatic rings. The Morgan fingerprint density at radius 3 is 2.43 bits per heavy atom. The van der Waals surface area contributed by atoms with Crippen LogP contribution in [0.5, 0.6) is 11.5 Å². The van der Waals surface area contributed by atoms with E-state index in [0.717, 1.165) is 37.2 Å². The Morgan fingerprint density at radius 2 is 1.83 bits per heavy atom. The van der Waals surface area contributed by atoms with Gasteiger partial charge in [-0.05, 0) is 62.0 Å². The molecule has 8 nitrogen and oxygen atoms in total. The van der Waals surface area contributed by atoms with E-state index in [0.29, 0.717) is 58.7 Å². The number of likely N-dealkylation sites (tertiary alicyclic amines) is 1. The Kier molecular flexibility index (Phi) is 9.83. The second-order valence-electron chi connectivity index (χ2n) is 8.62. The van der Waals surface area contributed by atoms with E-state index in [9.17, 15) is 13.2 Å². The zero-order valence-corrected chi connectivity index (χ0v) is 21.6. The number of nitrogens with two attached hydrogens (primary N) is 1. The van der Waals surface area contributed by atoms with Crippen molar-refractivity contribution in [3.63, 3.8) is 0 Å². The van der Waals surface area contributed by atoms with Crippen molar-refractivity contribution in [1.29, 1.82) is 0 Å². The molecule has 0 saturated carbocycles. The number of piperidine rings is 1. The van der Waals surface area contributed by atoms with Crippen LogP contribution in [0.2, 0.25) is 5.02 Å². The standard InChI is InChI=1S/C25H32ClN3O5S/c1-33-19-5-3-17(4-6-19)13-20(35(31)32)9-12-29-10-7-18(8-11-29)16-28-25(30)21-14-22(26)23(27)15-24(21)34-2/h3-6,14-15,18H,7-13,16,27H2,1-2H3,(H,28,30). The molecule has 0 spiro atoms. The maximum atomic E-state index is 12.7. The Labute approximate surface area is 212 Å².